The Kier molecular flexibility index (Phi) is 5.81. The second-order valence-corrected chi connectivity index (χ2v) is 7.85. The molecular formula is C23H21N7O4. The summed E-state index contributed by atoms with van der Waals surface area (Å²) in [5.74, 6) is -0.386. The number of rotatable bonds is 6. The van der Waals surface area contributed by atoms with Gasteiger partial charge in [-0.3, -0.25) is 4.79 Å². The van der Waals surface area contributed by atoms with Crippen molar-refractivity contribution in [3.05, 3.63) is 77.9 Å². The standard InChI is InChI=1S/C23H21N7O4/c1-33-23(32)19-13-30(28-27-19)17-9-10-29(12-17)22(31)20-14-34-21(24-20)11-16-7-8-18(26-25-16)15-5-3-2-4-6-15/h2-8,13-14,17H,9-12H2,1H3. The molecule has 3 aromatic heterocycles. The van der Waals surface area contributed by atoms with Crippen LogP contribution < -0.4 is 0 Å². The number of aromatic nitrogens is 6. The molecule has 0 N–H and O–H groups in total. The summed E-state index contributed by atoms with van der Waals surface area (Å²) in [6, 6.07) is 13.5. The summed E-state index contributed by atoms with van der Waals surface area (Å²) < 4.78 is 11.8. The highest BCUT2D eigenvalue weighted by atomic mass is 16.5. The van der Waals surface area contributed by atoms with E-state index >= 15 is 0 Å². The maximum Gasteiger partial charge on any atom is 0.360 e. The van der Waals surface area contributed by atoms with Crippen LogP contribution in [0.3, 0.4) is 0 Å². The number of carbonyl (C=O) groups is 2. The van der Waals surface area contributed by atoms with Crippen LogP contribution >= 0.6 is 0 Å². The van der Waals surface area contributed by atoms with Gasteiger partial charge >= 0.3 is 5.97 Å². The largest absolute Gasteiger partial charge is 0.464 e. The van der Waals surface area contributed by atoms with Crippen LogP contribution in [0.5, 0.6) is 0 Å². The molecule has 1 amide bonds. The Labute approximate surface area is 194 Å². The minimum absolute atomic E-state index is 0.0837. The van der Waals surface area contributed by atoms with E-state index in [0.717, 1.165) is 11.3 Å². The third-order valence-electron chi connectivity index (χ3n) is 5.62. The van der Waals surface area contributed by atoms with Gasteiger partial charge in [0.2, 0.25) is 5.89 Å². The maximum absolute atomic E-state index is 12.9. The number of likely N-dealkylation sites (tertiary alicyclic amines) is 1. The molecule has 0 spiro atoms. The molecule has 1 aliphatic rings. The summed E-state index contributed by atoms with van der Waals surface area (Å²) in [7, 11) is 1.29. The quantitative estimate of drug-likeness (QED) is 0.398. The van der Waals surface area contributed by atoms with Crippen LogP contribution in [0, 0.1) is 0 Å². The topological polar surface area (TPSA) is 129 Å². The first-order valence-electron chi connectivity index (χ1n) is 10.7. The summed E-state index contributed by atoms with van der Waals surface area (Å²) >= 11 is 0. The zero-order chi connectivity index (χ0) is 23.5. The van der Waals surface area contributed by atoms with E-state index in [0.29, 0.717) is 37.5 Å². The highest BCUT2D eigenvalue weighted by molar-refractivity contribution is 5.92. The van der Waals surface area contributed by atoms with Crippen LogP contribution in [-0.4, -0.2) is 67.2 Å². The van der Waals surface area contributed by atoms with Crippen molar-refractivity contribution in [1.29, 1.82) is 0 Å². The Morgan fingerprint density at radius 1 is 1.09 bits per heavy atom. The van der Waals surface area contributed by atoms with E-state index in [9.17, 15) is 9.59 Å². The Morgan fingerprint density at radius 2 is 1.94 bits per heavy atom. The molecule has 1 aromatic carbocycles. The van der Waals surface area contributed by atoms with Crippen LogP contribution in [-0.2, 0) is 11.2 Å². The molecule has 34 heavy (non-hydrogen) atoms. The van der Waals surface area contributed by atoms with Crippen LogP contribution in [0.25, 0.3) is 11.3 Å². The van der Waals surface area contributed by atoms with Crippen LogP contribution in [0.2, 0.25) is 0 Å². The van der Waals surface area contributed by atoms with Crippen molar-refractivity contribution < 1.29 is 18.7 Å². The maximum atomic E-state index is 12.9. The summed E-state index contributed by atoms with van der Waals surface area (Å²) in [4.78, 5) is 30.5. The van der Waals surface area contributed by atoms with Crippen molar-refractivity contribution in [3.63, 3.8) is 0 Å². The second-order valence-electron chi connectivity index (χ2n) is 7.85. The van der Waals surface area contributed by atoms with E-state index in [2.05, 4.69) is 30.2 Å². The fourth-order valence-electron chi connectivity index (χ4n) is 3.82. The average Bonchev–Trinajstić information content (AvgIpc) is 3.65. The van der Waals surface area contributed by atoms with Crippen molar-refractivity contribution in [2.24, 2.45) is 0 Å². The van der Waals surface area contributed by atoms with Gasteiger partial charge < -0.3 is 14.1 Å². The molecule has 0 saturated carbocycles. The minimum Gasteiger partial charge on any atom is -0.464 e. The zero-order valence-electron chi connectivity index (χ0n) is 18.4. The van der Waals surface area contributed by atoms with Gasteiger partial charge in [-0.2, -0.15) is 10.2 Å². The van der Waals surface area contributed by atoms with Gasteiger partial charge in [-0.25, -0.2) is 14.5 Å². The predicted molar refractivity (Wildman–Crippen MR) is 118 cm³/mol. The number of methoxy groups -OCH3 is 1. The van der Waals surface area contributed by atoms with Gasteiger partial charge in [0.15, 0.2) is 11.4 Å². The second kappa shape index (κ2) is 9.22. The zero-order valence-corrected chi connectivity index (χ0v) is 18.4. The molecule has 5 rings (SSSR count). The number of hydrogen-bond acceptors (Lipinski definition) is 9. The molecule has 172 valence electrons. The van der Waals surface area contributed by atoms with Crippen LogP contribution in [0.1, 0.15) is 45.0 Å². The Balaban J connectivity index is 1.20. The lowest BCUT2D eigenvalue weighted by molar-refractivity contribution is 0.0593. The van der Waals surface area contributed by atoms with E-state index in [1.165, 1.54) is 19.6 Å². The molecule has 1 fully saturated rings. The monoisotopic (exact) mass is 459 g/mol. The third-order valence-corrected chi connectivity index (χ3v) is 5.62. The van der Waals surface area contributed by atoms with Gasteiger partial charge in [0, 0.05) is 18.7 Å². The van der Waals surface area contributed by atoms with Gasteiger partial charge in [0.05, 0.1) is 37.2 Å². The summed E-state index contributed by atoms with van der Waals surface area (Å²) in [6.07, 6.45) is 3.90. The normalized spacial score (nSPS) is 15.4. The van der Waals surface area contributed by atoms with Crippen molar-refractivity contribution in [3.8, 4) is 11.3 Å². The molecule has 4 heterocycles. The van der Waals surface area contributed by atoms with Gasteiger partial charge in [-0.1, -0.05) is 35.5 Å². The number of amides is 1. The fraction of sp³-hybridized carbons (Fsp3) is 0.261. The molecule has 1 unspecified atom stereocenters. The van der Waals surface area contributed by atoms with Crippen molar-refractivity contribution in [2.75, 3.05) is 20.2 Å². The molecule has 0 aliphatic carbocycles. The van der Waals surface area contributed by atoms with Crippen molar-refractivity contribution in [1.82, 2.24) is 35.1 Å². The molecule has 11 heteroatoms. The highest BCUT2D eigenvalue weighted by Crippen LogP contribution is 2.23. The molecule has 1 atom stereocenters. The van der Waals surface area contributed by atoms with E-state index in [1.807, 2.05) is 42.5 Å². The van der Waals surface area contributed by atoms with E-state index in [-0.39, 0.29) is 23.3 Å². The van der Waals surface area contributed by atoms with Gasteiger partial charge in [-0.05, 0) is 18.6 Å². The fourth-order valence-corrected chi connectivity index (χ4v) is 3.82. The lowest BCUT2D eigenvalue weighted by atomic mass is 10.1. The molecular weight excluding hydrogens is 438 g/mol. The lowest BCUT2D eigenvalue weighted by Gasteiger charge is -2.14. The Bertz CT molecular complexity index is 1300. The number of hydrogen-bond donors (Lipinski definition) is 0. The Morgan fingerprint density at radius 3 is 2.71 bits per heavy atom. The third kappa shape index (κ3) is 4.40. The molecule has 1 saturated heterocycles. The van der Waals surface area contributed by atoms with Gasteiger partial charge in [0.1, 0.15) is 6.26 Å². The molecule has 11 nitrogen and oxygen atoms in total. The van der Waals surface area contributed by atoms with E-state index in [4.69, 9.17) is 4.42 Å². The SMILES string of the molecule is COC(=O)c1cn(C2CCN(C(=O)c3coc(Cc4ccc(-c5ccccc5)nn4)n3)C2)nn1. The molecule has 1 aliphatic heterocycles. The van der Waals surface area contributed by atoms with Crippen molar-refractivity contribution >= 4 is 11.9 Å². The van der Waals surface area contributed by atoms with Crippen LogP contribution in [0.4, 0.5) is 0 Å². The first-order chi connectivity index (χ1) is 16.6. The lowest BCUT2D eigenvalue weighted by Crippen LogP contribution is -2.29. The summed E-state index contributed by atoms with van der Waals surface area (Å²) in [6.45, 7) is 0.961. The number of ether oxygens (including phenoxy) is 1. The van der Waals surface area contributed by atoms with Gasteiger partial charge in [0.25, 0.3) is 5.91 Å². The highest BCUT2D eigenvalue weighted by Gasteiger charge is 2.31. The first kappa shape index (κ1) is 21.4. The van der Waals surface area contributed by atoms with E-state index < -0.39 is 5.97 Å². The van der Waals surface area contributed by atoms with E-state index in [1.54, 1.807) is 9.58 Å². The molecule has 0 radical (unpaired) electrons. The number of benzene rings is 1. The van der Waals surface area contributed by atoms with Gasteiger partial charge in [-0.15, -0.1) is 5.10 Å². The summed E-state index contributed by atoms with van der Waals surface area (Å²) in [5, 5.41) is 16.3. The smallest absolute Gasteiger partial charge is 0.360 e. The molecule has 4 aromatic rings. The average molecular weight is 459 g/mol. The number of carbonyl (C=O) groups excluding carboxylic acids is 2. The number of oxazole rings is 1. The van der Waals surface area contributed by atoms with Crippen LogP contribution in [0.15, 0.2) is 59.3 Å². The van der Waals surface area contributed by atoms with Crippen molar-refractivity contribution in [2.45, 2.75) is 18.9 Å². The minimum atomic E-state index is -0.549. The number of nitrogens with zero attached hydrogens (tertiary/aromatic N) is 7. The first-order valence-corrected chi connectivity index (χ1v) is 10.7. The predicted octanol–water partition coefficient (Wildman–Crippen LogP) is 2.19. The number of esters is 1. The molecule has 0 bridgehead atoms. The summed E-state index contributed by atoms with van der Waals surface area (Å²) in [5.41, 5.74) is 2.82. The Hall–Kier alpha value is -4.41.